The fourth-order valence-electron chi connectivity index (χ4n) is 1.80. The highest BCUT2D eigenvalue weighted by Gasteiger charge is 2.32. The number of Topliss-reactive ketones (excluding diaryl/α,β-unsaturated/α-hetero) is 2. The molecule has 1 aromatic rings. The minimum Gasteiger partial charge on any atom is -0.447 e. The first kappa shape index (κ1) is 14.3. The van der Waals surface area contributed by atoms with Gasteiger partial charge in [0.05, 0.1) is 6.10 Å². The number of carbonyl (C=O) groups is 3. The summed E-state index contributed by atoms with van der Waals surface area (Å²) in [4.78, 5) is 35.8. The second-order valence-electron chi connectivity index (χ2n) is 4.47. The Morgan fingerprint density at radius 2 is 1.70 bits per heavy atom. The van der Waals surface area contributed by atoms with E-state index in [2.05, 4.69) is 5.32 Å². The Morgan fingerprint density at radius 1 is 1.15 bits per heavy atom. The highest BCUT2D eigenvalue weighted by molar-refractivity contribution is 6.50. The minimum atomic E-state index is -0.825. The molecule has 1 amide bonds. The average molecular weight is 294 g/mol. The van der Waals surface area contributed by atoms with Crippen molar-refractivity contribution in [3.63, 3.8) is 0 Å². The van der Waals surface area contributed by atoms with E-state index in [1.807, 2.05) is 0 Å². The van der Waals surface area contributed by atoms with Crippen LogP contribution in [0.15, 0.2) is 35.0 Å². The van der Waals surface area contributed by atoms with Crippen molar-refractivity contribution in [2.75, 3.05) is 0 Å². The van der Waals surface area contributed by atoms with E-state index in [9.17, 15) is 14.4 Å². The molecule has 0 aromatic heterocycles. The Balaban J connectivity index is 2.35. The van der Waals surface area contributed by atoms with Crippen LogP contribution >= 0.6 is 11.6 Å². The van der Waals surface area contributed by atoms with Crippen LogP contribution in [0.5, 0.6) is 0 Å². The Hall–Kier alpha value is -2.14. The number of fused-ring (bicyclic) bond motifs is 1. The molecule has 0 heterocycles. The topological polar surface area (TPSA) is 72.5 Å². The molecule has 2 rings (SSSR count). The summed E-state index contributed by atoms with van der Waals surface area (Å²) in [7, 11) is 0. The number of hydrogen-bond acceptors (Lipinski definition) is 4. The molecule has 5 nitrogen and oxygen atoms in total. The number of nitrogens with one attached hydrogen (secondary N) is 1. The summed E-state index contributed by atoms with van der Waals surface area (Å²) in [6, 6.07) is 6.29. The summed E-state index contributed by atoms with van der Waals surface area (Å²) < 4.78 is 4.87. The van der Waals surface area contributed by atoms with Crippen molar-refractivity contribution in [3.8, 4) is 0 Å². The van der Waals surface area contributed by atoms with E-state index in [-0.39, 0.29) is 28.0 Å². The number of hydrogen-bond donors (Lipinski definition) is 1. The number of alkyl carbamates (subject to hydrolysis) is 1. The normalized spacial score (nSPS) is 14.4. The lowest BCUT2D eigenvalue weighted by atomic mass is 9.92. The number of benzene rings is 1. The van der Waals surface area contributed by atoms with Crippen molar-refractivity contribution in [3.05, 3.63) is 46.1 Å². The highest BCUT2D eigenvalue weighted by atomic mass is 35.5. The third kappa shape index (κ3) is 2.58. The molecule has 0 unspecified atom stereocenters. The van der Waals surface area contributed by atoms with Crippen LogP contribution in [0.2, 0.25) is 0 Å². The van der Waals surface area contributed by atoms with Gasteiger partial charge in [-0.1, -0.05) is 35.9 Å². The summed E-state index contributed by atoms with van der Waals surface area (Å²) in [6.07, 6.45) is -1.18. The average Bonchev–Trinajstić information content (AvgIpc) is 2.40. The zero-order valence-corrected chi connectivity index (χ0v) is 11.7. The van der Waals surface area contributed by atoms with E-state index in [0.29, 0.717) is 0 Å². The number of amides is 1. The van der Waals surface area contributed by atoms with Gasteiger partial charge in [-0.25, -0.2) is 4.79 Å². The molecule has 6 heteroatoms. The standard InChI is InChI=1S/C14H12ClNO4/c1-7(2)20-14(19)16-11-10(15)12(17)8-5-3-4-6-9(8)13(11)18/h3-7H,1-2H3,(H,16,19). The maximum atomic E-state index is 12.2. The Kier molecular flexibility index (Phi) is 3.90. The van der Waals surface area contributed by atoms with Crippen LogP contribution in [0, 0.1) is 0 Å². The van der Waals surface area contributed by atoms with Crippen LogP contribution in [0.3, 0.4) is 0 Å². The summed E-state index contributed by atoms with van der Waals surface area (Å²) in [5.74, 6) is -1.01. The van der Waals surface area contributed by atoms with Gasteiger partial charge in [-0.3, -0.25) is 14.9 Å². The van der Waals surface area contributed by atoms with Gasteiger partial charge < -0.3 is 4.74 Å². The lowest BCUT2D eigenvalue weighted by Gasteiger charge is -2.18. The van der Waals surface area contributed by atoms with Crippen molar-refractivity contribution < 1.29 is 19.1 Å². The van der Waals surface area contributed by atoms with Gasteiger partial charge >= 0.3 is 6.09 Å². The fourth-order valence-corrected chi connectivity index (χ4v) is 2.04. The fraction of sp³-hybridized carbons (Fsp3) is 0.214. The predicted octanol–water partition coefficient (Wildman–Crippen LogP) is 2.65. The molecule has 0 radical (unpaired) electrons. The molecule has 0 saturated carbocycles. The smallest absolute Gasteiger partial charge is 0.412 e. The van der Waals surface area contributed by atoms with Gasteiger partial charge in [-0.15, -0.1) is 0 Å². The summed E-state index contributed by atoms with van der Waals surface area (Å²) in [5.41, 5.74) is 0.188. The van der Waals surface area contributed by atoms with Crippen LogP contribution < -0.4 is 5.32 Å². The summed E-state index contributed by atoms with van der Waals surface area (Å²) in [5, 5.41) is 1.93. The number of halogens is 1. The molecule has 1 aromatic carbocycles. The molecule has 0 bridgehead atoms. The van der Waals surface area contributed by atoms with Gasteiger partial charge in [0, 0.05) is 11.1 Å². The van der Waals surface area contributed by atoms with E-state index in [0.717, 1.165) is 0 Å². The van der Waals surface area contributed by atoms with Gasteiger partial charge in [-0.05, 0) is 13.8 Å². The molecular weight excluding hydrogens is 282 g/mol. The quantitative estimate of drug-likeness (QED) is 0.910. The Morgan fingerprint density at radius 3 is 2.25 bits per heavy atom. The molecule has 1 N–H and O–H groups in total. The second-order valence-corrected chi connectivity index (χ2v) is 4.85. The predicted molar refractivity (Wildman–Crippen MR) is 72.7 cm³/mol. The van der Waals surface area contributed by atoms with Crippen LogP contribution in [0.4, 0.5) is 4.79 Å². The lowest BCUT2D eigenvalue weighted by Crippen LogP contribution is -2.34. The molecule has 0 aliphatic heterocycles. The van der Waals surface area contributed by atoms with E-state index < -0.39 is 17.7 Å². The number of carbonyl (C=O) groups excluding carboxylic acids is 3. The van der Waals surface area contributed by atoms with Crippen LogP contribution in [0.1, 0.15) is 34.6 Å². The van der Waals surface area contributed by atoms with Crippen molar-refractivity contribution in [1.82, 2.24) is 5.32 Å². The Bertz CT molecular complexity index is 634. The van der Waals surface area contributed by atoms with Crippen LogP contribution in [-0.4, -0.2) is 23.8 Å². The zero-order chi connectivity index (χ0) is 14.9. The highest BCUT2D eigenvalue weighted by Crippen LogP contribution is 2.27. The number of ether oxygens (including phenoxy) is 1. The molecular formula is C14H12ClNO4. The first-order chi connectivity index (χ1) is 9.41. The first-order valence-corrected chi connectivity index (χ1v) is 6.35. The largest absolute Gasteiger partial charge is 0.447 e. The van der Waals surface area contributed by atoms with Gasteiger partial charge in [-0.2, -0.15) is 0 Å². The van der Waals surface area contributed by atoms with Gasteiger partial charge in [0.2, 0.25) is 11.6 Å². The number of allylic oxidation sites excluding steroid dienone is 2. The van der Waals surface area contributed by atoms with E-state index in [4.69, 9.17) is 16.3 Å². The van der Waals surface area contributed by atoms with Crippen molar-refractivity contribution in [2.45, 2.75) is 20.0 Å². The maximum Gasteiger partial charge on any atom is 0.412 e. The molecule has 1 aliphatic carbocycles. The molecule has 0 spiro atoms. The molecule has 0 saturated heterocycles. The van der Waals surface area contributed by atoms with Gasteiger partial charge in [0.15, 0.2) is 0 Å². The first-order valence-electron chi connectivity index (χ1n) is 5.97. The summed E-state index contributed by atoms with van der Waals surface area (Å²) in [6.45, 7) is 3.33. The second kappa shape index (κ2) is 5.46. The van der Waals surface area contributed by atoms with E-state index in [1.165, 1.54) is 12.1 Å². The van der Waals surface area contributed by atoms with Gasteiger partial charge in [0.25, 0.3) is 0 Å². The SMILES string of the molecule is CC(C)OC(=O)NC1=C(Cl)C(=O)c2ccccc2C1=O. The molecule has 1 aliphatic rings. The third-order valence-electron chi connectivity index (χ3n) is 2.63. The third-order valence-corrected chi connectivity index (χ3v) is 2.99. The molecule has 0 fully saturated rings. The van der Waals surface area contributed by atoms with Crippen molar-refractivity contribution in [1.29, 1.82) is 0 Å². The molecule has 20 heavy (non-hydrogen) atoms. The van der Waals surface area contributed by atoms with E-state index in [1.54, 1.807) is 26.0 Å². The maximum absolute atomic E-state index is 12.2. The zero-order valence-electron chi connectivity index (χ0n) is 10.9. The monoisotopic (exact) mass is 293 g/mol. The van der Waals surface area contributed by atoms with Crippen LogP contribution in [0.25, 0.3) is 0 Å². The van der Waals surface area contributed by atoms with Crippen LogP contribution in [-0.2, 0) is 4.74 Å². The van der Waals surface area contributed by atoms with Gasteiger partial charge in [0.1, 0.15) is 10.7 Å². The minimum absolute atomic E-state index is 0.210. The van der Waals surface area contributed by atoms with Crippen molar-refractivity contribution in [2.24, 2.45) is 0 Å². The number of rotatable bonds is 2. The van der Waals surface area contributed by atoms with Crippen molar-refractivity contribution >= 4 is 29.3 Å². The molecule has 0 atom stereocenters. The summed E-state index contributed by atoms with van der Waals surface area (Å²) >= 11 is 5.88. The number of ketones is 2. The molecule has 104 valence electrons. The Labute approximate surface area is 120 Å². The van der Waals surface area contributed by atoms with E-state index >= 15 is 0 Å². The lowest BCUT2D eigenvalue weighted by molar-refractivity contribution is 0.0958.